The summed E-state index contributed by atoms with van der Waals surface area (Å²) in [7, 11) is 0. The van der Waals surface area contributed by atoms with E-state index in [0.717, 1.165) is 18.4 Å². The largest absolute Gasteiger partial charge is 0.349 e. The van der Waals surface area contributed by atoms with Gasteiger partial charge in [-0.25, -0.2) is 0 Å². The fraction of sp³-hybridized carbons (Fsp3) is 0.235. The van der Waals surface area contributed by atoms with E-state index in [1.807, 2.05) is 12.1 Å². The highest BCUT2D eigenvalue weighted by Gasteiger charge is 2.23. The number of benzene rings is 1. The molecule has 1 aliphatic rings. The van der Waals surface area contributed by atoms with Crippen LogP contribution in [0, 0.1) is 0 Å². The minimum absolute atomic E-state index is 0.0134. The maximum atomic E-state index is 12.1. The standard InChI is InChI=1S/C17H16N2O2/c1-11(20)12-3-2-4-13(9-12)16-10-14(7-8-18-16)17(21)19-15-5-6-15/h2-4,7-10,15H,5-6H2,1H3,(H,19,21). The Morgan fingerprint density at radius 2 is 1.95 bits per heavy atom. The lowest BCUT2D eigenvalue weighted by molar-refractivity contribution is 0.0950. The van der Waals surface area contributed by atoms with Gasteiger partial charge in [0.05, 0.1) is 5.69 Å². The SMILES string of the molecule is CC(=O)c1cccc(-c2cc(C(=O)NC3CC3)ccn2)c1. The molecule has 2 aromatic rings. The van der Waals surface area contributed by atoms with E-state index in [0.29, 0.717) is 22.9 Å². The minimum Gasteiger partial charge on any atom is -0.349 e. The second-order valence-electron chi connectivity index (χ2n) is 5.31. The maximum Gasteiger partial charge on any atom is 0.251 e. The Kier molecular flexibility index (Phi) is 3.52. The number of rotatable bonds is 4. The Hall–Kier alpha value is -2.49. The summed E-state index contributed by atoms with van der Waals surface area (Å²) < 4.78 is 0. The molecule has 21 heavy (non-hydrogen) atoms. The highest BCUT2D eigenvalue weighted by molar-refractivity contribution is 5.96. The fourth-order valence-corrected chi connectivity index (χ4v) is 2.12. The minimum atomic E-state index is -0.0659. The lowest BCUT2D eigenvalue weighted by Crippen LogP contribution is -2.25. The molecule has 4 heteroatoms. The van der Waals surface area contributed by atoms with Gasteiger partial charge in [-0.15, -0.1) is 0 Å². The molecule has 0 saturated heterocycles. The van der Waals surface area contributed by atoms with Crippen LogP contribution in [0.3, 0.4) is 0 Å². The van der Waals surface area contributed by atoms with Crippen molar-refractivity contribution in [2.75, 3.05) is 0 Å². The van der Waals surface area contributed by atoms with Crippen molar-refractivity contribution in [1.29, 1.82) is 0 Å². The fourth-order valence-electron chi connectivity index (χ4n) is 2.12. The van der Waals surface area contributed by atoms with E-state index in [9.17, 15) is 9.59 Å². The number of Topliss-reactive ketones (excluding diaryl/α,β-unsaturated/α-hetero) is 1. The zero-order valence-corrected chi connectivity index (χ0v) is 11.8. The number of nitrogens with zero attached hydrogens (tertiary/aromatic N) is 1. The summed E-state index contributed by atoms with van der Waals surface area (Å²) in [5.41, 5.74) is 2.77. The van der Waals surface area contributed by atoms with E-state index in [-0.39, 0.29) is 11.7 Å². The average molecular weight is 280 g/mol. The van der Waals surface area contributed by atoms with Crippen LogP contribution in [0.15, 0.2) is 42.6 Å². The van der Waals surface area contributed by atoms with Crippen molar-refractivity contribution in [2.24, 2.45) is 0 Å². The molecule has 0 spiro atoms. The first-order chi connectivity index (χ1) is 10.1. The van der Waals surface area contributed by atoms with Gasteiger partial charge < -0.3 is 5.32 Å². The number of pyridine rings is 1. The van der Waals surface area contributed by atoms with Gasteiger partial charge in [-0.3, -0.25) is 14.6 Å². The van der Waals surface area contributed by atoms with Gasteiger partial charge >= 0.3 is 0 Å². The maximum absolute atomic E-state index is 12.1. The molecular formula is C17H16N2O2. The van der Waals surface area contributed by atoms with E-state index in [1.54, 1.807) is 30.5 Å². The van der Waals surface area contributed by atoms with Gasteiger partial charge in [-0.05, 0) is 38.0 Å². The number of amides is 1. The van der Waals surface area contributed by atoms with Crippen LogP contribution in [0.25, 0.3) is 11.3 Å². The molecule has 0 bridgehead atoms. The third-order valence-corrected chi connectivity index (χ3v) is 3.50. The molecule has 0 unspecified atom stereocenters. The van der Waals surface area contributed by atoms with Crippen molar-refractivity contribution < 1.29 is 9.59 Å². The zero-order chi connectivity index (χ0) is 14.8. The predicted octanol–water partition coefficient (Wildman–Crippen LogP) is 2.84. The van der Waals surface area contributed by atoms with E-state index in [2.05, 4.69) is 10.3 Å². The Morgan fingerprint density at radius 3 is 2.67 bits per heavy atom. The van der Waals surface area contributed by atoms with Gasteiger partial charge in [-0.1, -0.05) is 18.2 Å². The molecule has 0 aliphatic heterocycles. The third-order valence-electron chi connectivity index (χ3n) is 3.50. The van der Waals surface area contributed by atoms with Crippen LogP contribution in [-0.2, 0) is 0 Å². The molecule has 1 N–H and O–H groups in total. The molecule has 4 nitrogen and oxygen atoms in total. The summed E-state index contributed by atoms with van der Waals surface area (Å²) in [5.74, 6) is -0.0525. The van der Waals surface area contributed by atoms with Crippen LogP contribution in [-0.4, -0.2) is 22.7 Å². The molecule has 1 fully saturated rings. The number of carbonyl (C=O) groups excluding carboxylic acids is 2. The molecule has 0 atom stereocenters. The van der Waals surface area contributed by atoms with Crippen molar-refractivity contribution >= 4 is 11.7 Å². The van der Waals surface area contributed by atoms with Crippen molar-refractivity contribution in [2.45, 2.75) is 25.8 Å². The first kappa shape index (κ1) is 13.5. The van der Waals surface area contributed by atoms with Gasteiger partial charge in [0.1, 0.15) is 0 Å². The highest BCUT2D eigenvalue weighted by atomic mass is 16.1. The number of ketones is 1. The molecule has 1 aromatic carbocycles. The zero-order valence-electron chi connectivity index (χ0n) is 11.8. The Labute approximate surface area is 123 Å². The van der Waals surface area contributed by atoms with Gasteiger partial charge in [0, 0.05) is 28.9 Å². The molecule has 3 rings (SSSR count). The molecular weight excluding hydrogens is 264 g/mol. The Bertz CT molecular complexity index is 705. The Balaban J connectivity index is 1.89. The summed E-state index contributed by atoms with van der Waals surface area (Å²) >= 11 is 0. The first-order valence-electron chi connectivity index (χ1n) is 7.02. The summed E-state index contributed by atoms with van der Waals surface area (Å²) in [6, 6.07) is 11.1. The van der Waals surface area contributed by atoms with Gasteiger partial charge in [0.25, 0.3) is 5.91 Å². The summed E-state index contributed by atoms with van der Waals surface area (Å²) in [6.45, 7) is 1.53. The van der Waals surface area contributed by atoms with Crippen LogP contribution >= 0.6 is 0 Å². The van der Waals surface area contributed by atoms with E-state index >= 15 is 0 Å². The van der Waals surface area contributed by atoms with Gasteiger partial charge in [-0.2, -0.15) is 0 Å². The lowest BCUT2D eigenvalue weighted by atomic mass is 10.0. The van der Waals surface area contributed by atoms with Crippen LogP contribution < -0.4 is 5.32 Å². The predicted molar refractivity (Wildman–Crippen MR) is 80.2 cm³/mol. The third kappa shape index (κ3) is 3.16. The average Bonchev–Trinajstić information content (AvgIpc) is 3.31. The summed E-state index contributed by atoms with van der Waals surface area (Å²) in [6.07, 6.45) is 3.74. The monoisotopic (exact) mass is 280 g/mol. The van der Waals surface area contributed by atoms with E-state index < -0.39 is 0 Å². The molecule has 1 heterocycles. The van der Waals surface area contributed by atoms with Crippen molar-refractivity contribution in [1.82, 2.24) is 10.3 Å². The number of aromatic nitrogens is 1. The lowest BCUT2D eigenvalue weighted by Gasteiger charge is -2.06. The van der Waals surface area contributed by atoms with Crippen LogP contribution in [0.2, 0.25) is 0 Å². The second kappa shape index (κ2) is 5.48. The number of carbonyl (C=O) groups is 2. The van der Waals surface area contributed by atoms with Gasteiger partial charge in [0.15, 0.2) is 5.78 Å². The molecule has 1 amide bonds. The number of nitrogens with one attached hydrogen (secondary N) is 1. The van der Waals surface area contributed by atoms with Crippen LogP contribution in [0.4, 0.5) is 0 Å². The highest BCUT2D eigenvalue weighted by Crippen LogP contribution is 2.22. The van der Waals surface area contributed by atoms with Gasteiger partial charge in [0.2, 0.25) is 0 Å². The number of hydrogen-bond donors (Lipinski definition) is 1. The smallest absolute Gasteiger partial charge is 0.251 e. The van der Waals surface area contributed by atoms with Crippen molar-refractivity contribution in [3.8, 4) is 11.3 Å². The van der Waals surface area contributed by atoms with Crippen LogP contribution in [0.1, 0.15) is 40.5 Å². The molecule has 1 aromatic heterocycles. The molecule has 0 radical (unpaired) electrons. The Morgan fingerprint density at radius 1 is 1.14 bits per heavy atom. The van der Waals surface area contributed by atoms with E-state index in [1.165, 1.54) is 6.92 Å². The van der Waals surface area contributed by atoms with E-state index in [4.69, 9.17) is 0 Å². The second-order valence-corrected chi connectivity index (χ2v) is 5.31. The molecule has 1 aliphatic carbocycles. The van der Waals surface area contributed by atoms with Crippen molar-refractivity contribution in [3.05, 3.63) is 53.7 Å². The quantitative estimate of drug-likeness (QED) is 0.876. The first-order valence-corrected chi connectivity index (χ1v) is 7.02. The number of hydrogen-bond acceptors (Lipinski definition) is 3. The van der Waals surface area contributed by atoms with Crippen LogP contribution in [0.5, 0.6) is 0 Å². The van der Waals surface area contributed by atoms with Crippen molar-refractivity contribution in [3.63, 3.8) is 0 Å². The molecule has 1 saturated carbocycles. The normalized spacial score (nSPS) is 13.8. The summed E-state index contributed by atoms with van der Waals surface area (Å²) in [4.78, 5) is 27.8. The summed E-state index contributed by atoms with van der Waals surface area (Å²) in [5, 5.41) is 2.96. The topological polar surface area (TPSA) is 59.1 Å². The molecule has 106 valence electrons.